The maximum absolute atomic E-state index is 13.7. The third-order valence-corrected chi connectivity index (χ3v) is 5.74. The van der Waals surface area contributed by atoms with Gasteiger partial charge in [-0.05, 0) is 31.7 Å². The van der Waals surface area contributed by atoms with Gasteiger partial charge in [0.1, 0.15) is 5.82 Å². The molecule has 4 rings (SSSR count). The number of piperazine rings is 1. The van der Waals surface area contributed by atoms with E-state index in [4.69, 9.17) is 0 Å². The van der Waals surface area contributed by atoms with Crippen LogP contribution in [0.25, 0.3) is 0 Å². The number of carbonyl (C=O) groups excluding carboxylic acids is 1. The smallest absolute Gasteiger partial charge is 0.257 e. The summed E-state index contributed by atoms with van der Waals surface area (Å²) >= 11 is 0. The first-order valence-corrected chi connectivity index (χ1v) is 10.1. The van der Waals surface area contributed by atoms with Crippen molar-refractivity contribution in [1.29, 1.82) is 0 Å². The Hall–Kier alpha value is -2.57. The lowest BCUT2D eigenvalue weighted by Gasteiger charge is -2.33. The minimum atomic E-state index is -0.292. The highest BCUT2D eigenvalue weighted by Gasteiger charge is 2.34. The predicted molar refractivity (Wildman–Crippen MR) is 112 cm³/mol. The Bertz CT molecular complexity index is 903. The van der Waals surface area contributed by atoms with Crippen LogP contribution in [0.5, 0.6) is 0 Å². The van der Waals surface area contributed by atoms with Gasteiger partial charge in [-0.25, -0.2) is 9.40 Å². The molecule has 2 aromatic rings. The second kappa shape index (κ2) is 8.43. The van der Waals surface area contributed by atoms with E-state index in [-0.39, 0.29) is 17.8 Å². The summed E-state index contributed by atoms with van der Waals surface area (Å²) in [5.74, 6) is -0.300. The standard InChI is InChI=1S/C23H27FN4O/c1-17-6-8-18(9-7-17)22-15-21(19-4-3-5-20(24)14-19)25-28(22)23(29)16-27-12-10-26(2)11-13-27/h3-9,14,22H,10-13,15-16H2,1-2H3/t22-/m0/s1. The van der Waals surface area contributed by atoms with E-state index in [0.717, 1.165) is 43.0 Å². The largest absolute Gasteiger partial charge is 0.304 e. The van der Waals surface area contributed by atoms with Crippen LogP contribution in [-0.4, -0.2) is 66.2 Å². The number of hydrogen-bond donors (Lipinski definition) is 0. The average molecular weight is 394 g/mol. The van der Waals surface area contributed by atoms with Crippen LogP contribution in [0.1, 0.15) is 29.2 Å². The van der Waals surface area contributed by atoms with Crippen LogP contribution in [0.15, 0.2) is 53.6 Å². The molecule has 0 aliphatic carbocycles. The van der Waals surface area contributed by atoms with Gasteiger partial charge in [0.05, 0.1) is 18.3 Å². The Kier molecular flexibility index (Phi) is 5.74. The summed E-state index contributed by atoms with van der Waals surface area (Å²) < 4.78 is 13.7. The number of nitrogens with zero attached hydrogens (tertiary/aromatic N) is 4. The Morgan fingerprint density at radius 3 is 2.52 bits per heavy atom. The van der Waals surface area contributed by atoms with Crippen LogP contribution in [0.4, 0.5) is 4.39 Å². The van der Waals surface area contributed by atoms with Gasteiger partial charge in [-0.1, -0.05) is 42.0 Å². The predicted octanol–water partition coefficient (Wildman–Crippen LogP) is 3.06. The minimum Gasteiger partial charge on any atom is -0.304 e. The molecule has 0 N–H and O–H groups in total. The topological polar surface area (TPSA) is 39.2 Å². The van der Waals surface area contributed by atoms with Gasteiger partial charge < -0.3 is 4.90 Å². The highest BCUT2D eigenvalue weighted by atomic mass is 19.1. The van der Waals surface area contributed by atoms with Crippen molar-refractivity contribution in [3.05, 3.63) is 71.0 Å². The van der Waals surface area contributed by atoms with Crippen molar-refractivity contribution in [3.63, 3.8) is 0 Å². The Balaban J connectivity index is 1.58. The SMILES string of the molecule is Cc1ccc([C@@H]2CC(c3cccc(F)c3)=NN2C(=O)CN2CCN(C)CC2)cc1. The number of hydrazone groups is 1. The molecular formula is C23H27FN4O. The third-order valence-electron chi connectivity index (χ3n) is 5.74. The summed E-state index contributed by atoms with van der Waals surface area (Å²) in [7, 11) is 2.10. The molecule has 2 aromatic carbocycles. The van der Waals surface area contributed by atoms with Crippen LogP contribution in [0.2, 0.25) is 0 Å². The first kappa shape index (κ1) is 19.7. The molecule has 152 valence electrons. The number of rotatable bonds is 4. The molecule has 1 atom stereocenters. The van der Waals surface area contributed by atoms with E-state index in [1.807, 2.05) is 13.0 Å². The van der Waals surface area contributed by atoms with E-state index in [0.29, 0.717) is 13.0 Å². The first-order valence-electron chi connectivity index (χ1n) is 10.1. The number of halogens is 1. The van der Waals surface area contributed by atoms with Gasteiger partial charge >= 0.3 is 0 Å². The van der Waals surface area contributed by atoms with E-state index < -0.39 is 0 Å². The van der Waals surface area contributed by atoms with Crippen LogP contribution >= 0.6 is 0 Å². The number of amides is 1. The number of hydrogen-bond acceptors (Lipinski definition) is 4. The van der Waals surface area contributed by atoms with Gasteiger partial charge in [0.25, 0.3) is 5.91 Å². The van der Waals surface area contributed by atoms with E-state index >= 15 is 0 Å². The highest BCUT2D eigenvalue weighted by molar-refractivity contribution is 6.03. The minimum absolute atomic E-state index is 0.00784. The molecule has 6 heteroatoms. The molecule has 1 saturated heterocycles. The normalized spacial score (nSPS) is 20.7. The summed E-state index contributed by atoms with van der Waals surface area (Å²) in [6.45, 7) is 6.09. The molecule has 5 nitrogen and oxygen atoms in total. The molecule has 0 aromatic heterocycles. The van der Waals surface area contributed by atoms with Gasteiger partial charge in [0.2, 0.25) is 0 Å². The first-order chi connectivity index (χ1) is 14.0. The fourth-order valence-corrected chi connectivity index (χ4v) is 3.90. The molecular weight excluding hydrogens is 367 g/mol. The monoisotopic (exact) mass is 394 g/mol. The number of likely N-dealkylation sites (N-methyl/N-ethyl adjacent to an activating group) is 1. The zero-order valence-electron chi connectivity index (χ0n) is 17.0. The molecule has 0 saturated carbocycles. The lowest BCUT2D eigenvalue weighted by Crippen LogP contribution is -2.48. The van der Waals surface area contributed by atoms with Crippen molar-refractivity contribution in [3.8, 4) is 0 Å². The van der Waals surface area contributed by atoms with Gasteiger partial charge in [0, 0.05) is 38.2 Å². The van der Waals surface area contributed by atoms with Crippen molar-refractivity contribution >= 4 is 11.6 Å². The third kappa shape index (κ3) is 4.54. The molecule has 1 amide bonds. The molecule has 0 bridgehead atoms. The van der Waals surface area contributed by atoms with Crippen LogP contribution < -0.4 is 0 Å². The van der Waals surface area contributed by atoms with E-state index in [9.17, 15) is 9.18 Å². The lowest BCUT2D eigenvalue weighted by atomic mass is 9.97. The van der Waals surface area contributed by atoms with Gasteiger partial charge in [-0.2, -0.15) is 5.10 Å². The average Bonchev–Trinajstić information content (AvgIpc) is 3.16. The zero-order valence-corrected chi connectivity index (χ0v) is 17.0. The second-order valence-corrected chi connectivity index (χ2v) is 8.01. The molecule has 2 aliphatic heterocycles. The van der Waals surface area contributed by atoms with Gasteiger partial charge in [0.15, 0.2) is 0 Å². The molecule has 2 aliphatic rings. The van der Waals surface area contributed by atoms with Gasteiger partial charge in [-0.15, -0.1) is 0 Å². The lowest BCUT2D eigenvalue weighted by molar-refractivity contribution is -0.134. The molecule has 1 fully saturated rings. The summed E-state index contributed by atoms with van der Waals surface area (Å²) in [5, 5.41) is 6.27. The number of carbonyl (C=O) groups is 1. The second-order valence-electron chi connectivity index (χ2n) is 8.01. The number of aryl methyl sites for hydroxylation is 1. The maximum Gasteiger partial charge on any atom is 0.257 e. The van der Waals surface area contributed by atoms with Crippen molar-refractivity contribution in [2.24, 2.45) is 5.10 Å². The van der Waals surface area contributed by atoms with E-state index in [1.54, 1.807) is 11.1 Å². The van der Waals surface area contributed by atoms with Crippen molar-refractivity contribution < 1.29 is 9.18 Å². The fraction of sp³-hybridized carbons (Fsp3) is 0.391. The van der Waals surface area contributed by atoms with Crippen molar-refractivity contribution in [2.45, 2.75) is 19.4 Å². The van der Waals surface area contributed by atoms with Crippen molar-refractivity contribution in [2.75, 3.05) is 39.8 Å². The number of benzene rings is 2. The summed E-state index contributed by atoms with van der Waals surface area (Å²) in [6.07, 6.45) is 0.584. The summed E-state index contributed by atoms with van der Waals surface area (Å²) in [5.41, 5.74) is 3.71. The molecule has 0 unspecified atom stereocenters. The van der Waals surface area contributed by atoms with Crippen LogP contribution in [0.3, 0.4) is 0 Å². The molecule has 0 spiro atoms. The fourth-order valence-electron chi connectivity index (χ4n) is 3.90. The molecule has 0 radical (unpaired) electrons. The highest BCUT2D eigenvalue weighted by Crippen LogP contribution is 2.33. The van der Waals surface area contributed by atoms with E-state index in [1.165, 1.54) is 17.7 Å². The Morgan fingerprint density at radius 1 is 1.10 bits per heavy atom. The van der Waals surface area contributed by atoms with Crippen molar-refractivity contribution in [1.82, 2.24) is 14.8 Å². The Morgan fingerprint density at radius 2 is 1.83 bits per heavy atom. The summed E-state index contributed by atoms with van der Waals surface area (Å²) in [4.78, 5) is 17.6. The Labute approximate surface area is 171 Å². The van der Waals surface area contributed by atoms with E-state index in [2.05, 4.69) is 46.2 Å². The van der Waals surface area contributed by atoms with Crippen LogP contribution in [-0.2, 0) is 4.79 Å². The quantitative estimate of drug-likeness (QED) is 0.800. The van der Waals surface area contributed by atoms with Gasteiger partial charge in [-0.3, -0.25) is 9.69 Å². The zero-order chi connectivity index (χ0) is 20.4. The molecule has 29 heavy (non-hydrogen) atoms. The maximum atomic E-state index is 13.7. The summed E-state index contributed by atoms with van der Waals surface area (Å²) in [6, 6.07) is 14.5. The molecule has 2 heterocycles. The van der Waals surface area contributed by atoms with Crippen LogP contribution in [0, 0.1) is 12.7 Å².